The molecule has 9 nitrogen and oxygen atoms in total. The van der Waals surface area contributed by atoms with Crippen LogP contribution in [-0.2, 0) is 38.0 Å². The molecule has 0 aliphatic heterocycles. The molecule has 0 aliphatic carbocycles. The molecule has 0 atom stereocenters. The van der Waals surface area contributed by atoms with Crippen LogP contribution in [0, 0.1) is 12.3 Å². The Labute approximate surface area is 392 Å². The SMILES string of the molecule is C#CCN(CCCCCCCC(=O)OC(COCCCCCC)COCCCCCC)CCCCCCCC(=O)OC(COCCCCCC)COCCCCCC.CC.CCC. The molecule has 0 fully saturated rings. The largest absolute Gasteiger partial charge is 0.457 e. The summed E-state index contributed by atoms with van der Waals surface area (Å²) in [5.74, 6) is 2.53. The predicted molar refractivity (Wildman–Crippen MR) is 268 cm³/mol. The summed E-state index contributed by atoms with van der Waals surface area (Å²) in [6.45, 7) is 24.2. The standard InChI is InChI=1S/C49H93NO8.C3H8.C2H6/c1-6-11-15-29-38-53-42-46(43-54-39-30-16-12-7-2)57-48(51)33-25-21-19-23-27-36-50(35-10-5)37-28-24-20-22-26-34-49(52)58-47(44-55-40-31-17-13-8-3)45-56-41-32-18-14-9-4;1-3-2;1-2/h5,46-47H,6-9,11-45H2,1-4H3;3H2,1-2H3;1-2H3. The first kappa shape index (κ1) is 65.6. The first-order valence-electron chi connectivity index (χ1n) is 26.8. The van der Waals surface area contributed by atoms with Gasteiger partial charge in [0.2, 0.25) is 0 Å². The Balaban J connectivity index is -0.00000687. The highest BCUT2D eigenvalue weighted by atomic mass is 16.6. The number of esters is 2. The number of carbonyl (C=O) groups is 2. The molecule has 0 bridgehead atoms. The van der Waals surface area contributed by atoms with Crippen molar-refractivity contribution in [3.05, 3.63) is 0 Å². The van der Waals surface area contributed by atoms with Crippen molar-refractivity contribution >= 4 is 11.9 Å². The van der Waals surface area contributed by atoms with Gasteiger partial charge in [0.1, 0.15) is 12.2 Å². The smallest absolute Gasteiger partial charge is 0.306 e. The third kappa shape index (κ3) is 54.5. The normalized spacial score (nSPS) is 11.0. The zero-order valence-corrected chi connectivity index (χ0v) is 43.2. The quantitative estimate of drug-likeness (QED) is 0.0336. The lowest BCUT2D eigenvalue weighted by Gasteiger charge is -2.20. The minimum atomic E-state index is -0.334. The highest BCUT2D eigenvalue weighted by molar-refractivity contribution is 5.69. The van der Waals surface area contributed by atoms with Crippen LogP contribution < -0.4 is 0 Å². The van der Waals surface area contributed by atoms with Gasteiger partial charge in [-0.2, -0.15) is 0 Å². The monoisotopic (exact) mass is 898 g/mol. The van der Waals surface area contributed by atoms with Crippen molar-refractivity contribution in [1.29, 1.82) is 0 Å². The van der Waals surface area contributed by atoms with Crippen molar-refractivity contribution in [2.75, 3.05) is 72.5 Å². The number of unbranched alkanes of at least 4 members (excludes halogenated alkanes) is 20. The molecule has 376 valence electrons. The van der Waals surface area contributed by atoms with Gasteiger partial charge in [-0.1, -0.05) is 183 Å². The molecule has 0 radical (unpaired) electrons. The van der Waals surface area contributed by atoms with Crippen LogP contribution in [0.2, 0.25) is 0 Å². The summed E-state index contributed by atoms with van der Waals surface area (Å²) in [4.78, 5) is 27.7. The lowest BCUT2D eigenvalue weighted by molar-refractivity contribution is -0.157. The van der Waals surface area contributed by atoms with Crippen LogP contribution in [0.15, 0.2) is 0 Å². The van der Waals surface area contributed by atoms with Crippen LogP contribution in [0.4, 0.5) is 0 Å². The van der Waals surface area contributed by atoms with E-state index < -0.39 is 0 Å². The maximum absolute atomic E-state index is 12.6. The molecular formula is C54H107NO8. The molecule has 63 heavy (non-hydrogen) atoms. The number of terminal acetylenes is 1. The Morgan fingerprint density at radius 2 is 0.698 bits per heavy atom. The summed E-state index contributed by atoms with van der Waals surface area (Å²) in [6.07, 6.45) is 36.1. The average molecular weight is 898 g/mol. The van der Waals surface area contributed by atoms with E-state index in [4.69, 9.17) is 34.8 Å². The van der Waals surface area contributed by atoms with Gasteiger partial charge in [0.05, 0.1) is 33.0 Å². The summed E-state index contributed by atoms with van der Waals surface area (Å²) in [5.41, 5.74) is 0. The zero-order valence-electron chi connectivity index (χ0n) is 43.2. The first-order chi connectivity index (χ1) is 30.9. The van der Waals surface area contributed by atoms with Gasteiger partial charge in [-0.05, 0) is 64.5 Å². The van der Waals surface area contributed by atoms with E-state index in [0.29, 0.717) is 72.2 Å². The second-order valence-electron chi connectivity index (χ2n) is 17.0. The number of rotatable bonds is 47. The van der Waals surface area contributed by atoms with Crippen LogP contribution in [-0.4, -0.2) is 102 Å². The maximum Gasteiger partial charge on any atom is 0.306 e. The Hall–Kier alpha value is -1.70. The lowest BCUT2D eigenvalue weighted by Crippen LogP contribution is -2.29. The van der Waals surface area contributed by atoms with Gasteiger partial charge in [-0.15, -0.1) is 6.42 Å². The van der Waals surface area contributed by atoms with Crippen molar-refractivity contribution in [2.45, 2.75) is 254 Å². The van der Waals surface area contributed by atoms with Crippen molar-refractivity contribution in [3.8, 4) is 12.3 Å². The summed E-state index contributed by atoms with van der Waals surface area (Å²) in [7, 11) is 0. The van der Waals surface area contributed by atoms with Gasteiger partial charge >= 0.3 is 11.9 Å². The Kier molecular flexibility index (Phi) is 60.7. The number of ether oxygens (including phenoxy) is 6. The molecule has 0 amide bonds. The van der Waals surface area contributed by atoms with Crippen molar-refractivity contribution in [2.24, 2.45) is 0 Å². The molecule has 0 saturated carbocycles. The number of carbonyl (C=O) groups excluding carboxylic acids is 2. The van der Waals surface area contributed by atoms with Crippen molar-refractivity contribution < 1.29 is 38.0 Å². The Morgan fingerprint density at radius 1 is 0.429 bits per heavy atom. The van der Waals surface area contributed by atoms with E-state index in [9.17, 15) is 9.59 Å². The predicted octanol–water partition coefficient (Wildman–Crippen LogP) is 14.3. The molecule has 0 saturated heterocycles. The zero-order chi connectivity index (χ0) is 47.1. The van der Waals surface area contributed by atoms with Gasteiger partial charge in [0.15, 0.2) is 0 Å². The van der Waals surface area contributed by atoms with E-state index in [1.54, 1.807) is 0 Å². The number of hydrogen-bond acceptors (Lipinski definition) is 9. The second-order valence-corrected chi connectivity index (χ2v) is 17.0. The van der Waals surface area contributed by atoms with Gasteiger partial charge in [0.25, 0.3) is 0 Å². The van der Waals surface area contributed by atoms with Gasteiger partial charge < -0.3 is 28.4 Å². The molecule has 0 rings (SSSR count). The molecular weight excluding hydrogens is 791 g/mol. The van der Waals surface area contributed by atoms with E-state index in [0.717, 1.165) is 103 Å². The molecule has 0 unspecified atom stereocenters. The molecule has 0 aromatic rings. The summed E-state index contributed by atoms with van der Waals surface area (Å²) >= 11 is 0. The summed E-state index contributed by atoms with van der Waals surface area (Å²) < 4.78 is 35.0. The molecule has 0 aliphatic rings. The first-order valence-corrected chi connectivity index (χ1v) is 26.8. The van der Waals surface area contributed by atoms with Crippen LogP contribution in [0.25, 0.3) is 0 Å². The van der Waals surface area contributed by atoms with Crippen molar-refractivity contribution in [3.63, 3.8) is 0 Å². The molecule has 0 aromatic carbocycles. The molecule has 0 aromatic heterocycles. The fourth-order valence-corrected chi connectivity index (χ4v) is 6.77. The molecule has 9 heteroatoms. The number of hydrogen-bond donors (Lipinski definition) is 0. The van der Waals surface area contributed by atoms with Crippen molar-refractivity contribution in [1.82, 2.24) is 4.90 Å². The van der Waals surface area contributed by atoms with E-state index in [-0.39, 0.29) is 24.1 Å². The molecule has 0 heterocycles. The minimum absolute atomic E-state index is 0.147. The second kappa shape index (κ2) is 58.3. The van der Waals surface area contributed by atoms with Crippen LogP contribution in [0.1, 0.15) is 242 Å². The lowest BCUT2D eigenvalue weighted by atomic mass is 10.1. The third-order valence-corrected chi connectivity index (χ3v) is 10.4. The number of nitrogens with zero attached hydrogens (tertiary/aromatic N) is 1. The van der Waals surface area contributed by atoms with E-state index in [1.165, 1.54) is 83.5 Å². The topological polar surface area (TPSA) is 92.8 Å². The van der Waals surface area contributed by atoms with Gasteiger partial charge in [0, 0.05) is 39.3 Å². The summed E-state index contributed by atoms with van der Waals surface area (Å²) in [5, 5.41) is 0. The highest BCUT2D eigenvalue weighted by Gasteiger charge is 2.17. The van der Waals surface area contributed by atoms with Gasteiger partial charge in [-0.3, -0.25) is 14.5 Å². The van der Waals surface area contributed by atoms with E-state index >= 15 is 0 Å². The molecule has 0 spiro atoms. The van der Waals surface area contributed by atoms with Crippen LogP contribution in [0.3, 0.4) is 0 Å². The van der Waals surface area contributed by atoms with Crippen LogP contribution in [0.5, 0.6) is 0 Å². The van der Waals surface area contributed by atoms with E-state index in [2.05, 4.69) is 52.4 Å². The minimum Gasteiger partial charge on any atom is -0.457 e. The maximum atomic E-state index is 12.6. The average Bonchev–Trinajstić information content (AvgIpc) is 3.28. The Morgan fingerprint density at radius 3 is 0.984 bits per heavy atom. The Bertz CT molecular complexity index is 832. The van der Waals surface area contributed by atoms with Crippen LogP contribution >= 0.6 is 0 Å². The fourth-order valence-electron chi connectivity index (χ4n) is 6.77. The molecule has 0 N–H and O–H groups in total. The van der Waals surface area contributed by atoms with E-state index in [1.807, 2.05) is 13.8 Å². The summed E-state index contributed by atoms with van der Waals surface area (Å²) in [6, 6.07) is 0. The highest BCUT2D eigenvalue weighted by Crippen LogP contribution is 2.12. The van der Waals surface area contributed by atoms with Gasteiger partial charge in [-0.25, -0.2) is 0 Å². The fraction of sp³-hybridized carbons (Fsp3) is 0.926. The third-order valence-electron chi connectivity index (χ3n) is 10.4.